The molecule has 0 saturated carbocycles. The van der Waals surface area contributed by atoms with E-state index in [1.807, 2.05) is 0 Å². The Kier molecular flexibility index (Phi) is 3.31. The van der Waals surface area contributed by atoms with Crippen LogP contribution in [-0.2, 0) is 4.74 Å². The van der Waals surface area contributed by atoms with Crippen LogP contribution in [-0.4, -0.2) is 27.7 Å². The van der Waals surface area contributed by atoms with Gasteiger partial charge in [0.05, 0.1) is 17.7 Å². The summed E-state index contributed by atoms with van der Waals surface area (Å²) in [6.07, 6.45) is 1.56. The van der Waals surface area contributed by atoms with Gasteiger partial charge >= 0.3 is 5.97 Å². The number of nitrogens with zero attached hydrogens (tertiary/aromatic N) is 3. The van der Waals surface area contributed by atoms with Crippen LogP contribution in [0.25, 0.3) is 17.0 Å². The Labute approximate surface area is 123 Å². The SMILES string of the molecule is COC(=O)c1ccc2nnc(-c3ccc(F)c(Cl)c3)n2c1. The average molecular weight is 306 g/mol. The first-order valence-electron chi connectivity index (χ1n) is 5.98. The molecule has 21 heavy (non-hydrogen) atoms. The summed E-state index contributed by atoms with van der Waals surface area (Å²) in [7, 11) is 1.30. The molecule has 106 valence electrons. The maximum Gasteiger partial charge on any atom is 0.339 e. The second-order valence-corrected chi connectivity index (χ2v) is 4.70. The summed E-state index contributed by atoms with van der Waals surface area (Å²) >= 11 is 5.78. The summed E-state index contributed by atoms with van der Waals surface area (Å²) in [6, 6.07) is 7.49. The maximum absolute atomic E-state index is 13.2. The molecule has 7 heteroatoms. The number of halogens is 2. The number of hydrogen-bond donors (Lipinski definition) is 0. The van der Waals surface area contributed by atoms with Gasteiger partial charge in [0.2, 0.25) is 0 Å². The number of carbonyl (C=O) groups excluding carboxylic acids is 1. The van der Waals surface area contributed by atoms with Gasteiger partial charge in [0, 0.05) is 11.8 Å². The number of ether oxygens (including phenoxy) is 1. The van der Waals surface area contributed by atoms with Gasteiger partial charge in [0.1, 0.15) is 5.82 Å². The van der Waals surface area contributed by atoms with Crippen LogP contribution in [0.15, 0.2) is 36.5 Å². The fourth-order valence-corrected chi connectivity index (χ4v) is 2.14. The van der Waals surface area contributed by atoms with E-state index in [1.54, 1.807) is 28.8 Å². The number of carbonyl (C=O) groups is 1. The molecular weight excluding hydrogens is 297 g/mol. The molecule has 0 saturated heterocycles. The molecule has 0 N–H and O–H groups in total. The van der Waals surface area contributed by atoms with Crippen molar-refractivity contribution in [2.45, 2.75) is 0 Å². The lowest BCUT2D eigenvalue weighted by atomic mass is 10.2. The fraction of sp³-hybridized carbons (Fsp3) is 0.0714. The van der Waals surface area contributed by atoms with Crippen molar-refractivity contribution in [1.29, 1.82) is 0 Å². The van der Waals surface area contributed by atoms with Gasteiger partial charge in [0.25, 0.3) is 0 Å². The average Bonchev–Trinajstić information content (AvgIpc) is 2.92. The summed E-state index contributed by atoms with van der Waals surface area (Å²) in [5, 5.41) is 8.03. The smallest absolute Gasteiger partial charge is 0.339 e. The lowest BCUT2D eigenvalue weighted by Gasteiger charge is -2.03. The summed E-state index contributed by atoms with van der Waals surface area (Å²) in [5.74, 6) is -0.518. The molecule has 0 bridgehead atoms. The van der Waals surface area contributed by atoms with Crippen LogP contribution in [0.3, 0.4) is 0 Å². The van der Waals surface area contributed by atoms with E-state index in [4.69, 9.17) is 11.6 Å². The van der Waals surface area contributed by atoms with Crippen LogP contribution >= 0.6 is 11.6 Å². The van der Waals surface area contributed by atoms with E-state index in [9.17, 15) is 9.18 Å². The second kappa shape index (κ2) is 5.14. The zero-order valence-corrected chi connectivity index (χ0v) is 11.6. The minimum atomic E-state index is -0.510. The monoisotopic (exact) mass is 305 g/mol. The van der Waals surface area contributed by atoms with Crippen LogP contribution in [0.5, 0.6) is 0 Å². The van der Waals surface area contributed by atoms with E-state index >= 15 is 0 Å². The largest absolute Gasteiger partial charge is 0.465 e. The minimum Gasteiger partial charge on any atom is -0.465 e. The van der Waals surface area contributed by atoms with E-state index in [1.165, 1.54) is 19.2 Å². The van der Waals surface area contributed by atoms with Crippen LogP contribution in [0, 0.1) is 5.82 Å². The van der Waals surface area contributed by atoms with E-state index in [0.717, 1.165) is 0 Å². The van der Waals surface area contributed by atoms with Crippen molar-refractivity contribution in [2.24, 2.45) is 0 Å². The molecule has 3 rings (SSSR count). The molecule has 0 aliphatic carbocycles. The van der Waals surface area contributed by atoms with Crippen molar-refractivity contribution in [1.82, 2.24) is 14.6 Å². The first kappa shape index (κ1) is 13.5. The molecule has 3 aromatic rings. The third-order valence-electron chi connectivity index (χ3n) is 3.00. The third kappa shape index (κ3) is 2.34. The molecule has 0 aliphatic rings. The molecule has 5 nitrogen and oxygen atoms in total. The lowest BCUT2D eigenvalue weighted by Crippen LogP contribution is -2.03. The van der Waals surface area contributed by atoms with E-state index in [0.29, 0.717) is 22.6 Å². The molecule has 0 atom stereocenters. The zero-order valence-electron chi connectivity index (χ0n) is 10.9. The molecule has 2 aromatic heterocycles. The number of benzene rings is 1. The number of hydrogen-bond acceptors (Lipinski definition) is 4. The number of pyridine rings is 1. The van der Waals surface area contributed by atoms with Crippen LogP contribution in [0.4, 0.5) is 4.39 Å². The highest BCUT2D eigenvalue weighted by molar-refractivity contribution is 6.31. The zero-order chi connectivity index (χ0) is 15.0. The number of methoxy groups -OCH3 is 1. The second-order valence-electron chi connectivity index (χ2n) is 4.29. The highest BCUT2D eigenvalue weighted by Gasteiger charge is 2.13. The Morgan fingerprint density at radius 3 is 2.81 bits per heavy atom. The van der Waals surface area contributed by atoms with Gasteiger partial charge in [-0.15, -0.1) is 10.2 Å². The summed E-state index contributed by atoms with van der Waals surface area (Å²) in [6.45, 7) is 0. The van der Waals surface area contributed by atoms with Crippen molar-refractivity contribution in [3.05, 3.63) is 52.9 Å². The molecule has 1 aromatic carbocycles. The van der Waals surface area contributed by atoms with Crippen molar-refractivity contribution in [2.75, 3.05) is 7.11 Å². The van der Waals surface area contributed by atoms with Crippen LogP contribution < -0.4 is 0 Å². The maximum atomic E-state index is 13.2. The molecular formula is C14H9ClFN3O2. The number of rotatable bonds is 2. The van der Waals surface area contributed by atoms with E-state index < -0.39 is 11.8 Å². The Hall–Kier alpha value is -2.47. The quantitative estimate of drug-likeness (QED) is 0.683. The van der Waals surface area contributed by atoms with Crippen molar-refractivity contribution in [3.8, 4) is 11.4 Å². The Balaban J connectivity index is 2.18. The van der Waals surface area contributed by atoms with E-state index in [2.05, 4.69) is 14.9 Å². The van der Waals surface area contributed by atoms with Gasteiger partial charge < -0.3 is 4.74 Å². The third-order valence-corrected chi connectivity index (χ3v) is 3.29. The Bertz CT molecular complexity index is 847. The van der Waals surface area contributed by atoms with Crippen molar-refractivity contribution in [3.63, 3.8) is 0 Å². The van der Waals surface area contributed by atoms with Gasteiger partial charge in [-0.1, -0.05) is 11.6 Å². The molecule has 0 radical (unpaired) electrons. The normalized spacial score (nSPS) is 10.8. The fourth-order valence-electron chi connectivity index (χ4n) is 1.96. The van der Waals surface area contributed by atoms with Crippen LogP contribution in [0.1, 0.15) is 10.4 Å². The Morgan fingerprint density at radius 2 is 2.10 bits per heavy atom. The summed E-state index contributed by atoms with van der Waals surface area (Å²) in [5.41, 5.74) is 1.51. The summed E-state index contributed by atoms with van der Waals surface area (Å²) in [4.78, 5) is 11.6. The van der Waals surface area contributed by atoms with E-state index in [-0.39, 0.29) is 5.02 Å². The van der Waals surface area contributed by atoms with Gasteiger partial charge in [-0.3, -0.25) is 4.40 Å². The minimum absolute atomic E-state index is 0.00614. The Morgan fingerprint density at radius 1 is 1.29 bits per heavy atom. The molecule has 0 spiro atoms. The predicted molar refractivity (Wildman–Crippen MR) is 74.7 cm³/mol. The molecule has 0 amide bonds. The number of fused-ring (bicyclic) bond motifs is 1. The standard InChI is InChI=1S/C14H9ClFN3O2/c1-21-14(20)9-3-5-12-17-18-13(19(12)7-9)8-2-4-11(16)10(15)6-8/h2-7H,1H3. The number of aromatic nitrogens is 3. The van der Waals surface area contributed by atoms with Gasteiger partial charge in [0.15, 0.2) is 11.5 Å². The molecule has 0 aliphatic heterocycles. The first-order valence-corrected chi connectivity index (χ1v) is 6.36. The molecule has 0 fully saturated rings. The van der Waals surface area contributed by atoms with Gasteiger partial charge in [-0.25, -0.2) is 9.18 Å². The highest BCUT2D eigenvalue weighted by Crippen LogP contribution is 2.24. The summed E-state index contributed by atoms with van der Waals surface area (Å²) < 4.78 is 19.5. The molecule has 0 unspecified atom stereocenters. The van der Waals surface area contributed by atoms with Gasteiger partial charge in [-0.2, -0.15) is 0 Å². The highest BCUT2D eigenvalue weighted by atomic mass is 35.5. The van der Waals surface area contributed by atoms with Crippen LogP contribution in [0.2, 0.25) is 5.02 Å². The first-order chi connectivity index (χ1) is 10.1. The van der Waals surface area contributed by atoms with Crippen molar-refractivity contribution < 1.29 is 13.9 Å². The molecule has 2 heterocycles. The van der Waals surface area contributed by atoms with Crippen molar-refractivity contribution >= 4 is 23.2 Å². The lowest BCUT2D eigenvalue weighted by molar-refractivity contribution is 0.0600. The number of esters is 1. The topological polar surface area (TPSA) is 56.5 Å². The predicted octanol–water partition coefficient (Wildman–Crippen LogP) is 2.98. The van der Waals surface area contributed by atoms with Gasteiger partial charge in [-0.05, 0) is 30.3 Å².